The standard InChI is InChI=1S/C14H12FN5O/c15-10-4-2-1-3-9(10)13-18-14(21-19-13)11-8-20-6-5-16-7-12(20)17-11/h1-4,8,16H,5-7H2. The molecule has 0 fully saturated rings. The molecular weight excluding hydrogens is 273 g/mol. The number of benzene rings is 1. The third-order valence-corrected chi connectivity index (χ3v) is 3.43. The Morgan fingerprint density at radius 3 is 3.00 bits per heavy atom. The molecule has 0 amide bonds. The number of imidazole rings is 1. The fourth-order valence-corrected chi connectivity index (χ4v) is 2.37. The van der Waals surface area contributed by atoms with Gasteiger partial charge in [0.2, 0.25) is 5.82 Å². The van der Waals surface area contributed by atoms with Crippen molar-refractivity contribution >= 4 is 0 Å². The number of halogens is 1. The third-order valence-electron chi connectivity index (χ3n) is 3.43. The minimum Gasteiger partial charge on any atom is -0.332 e. The van der Waals surface area contributed by atoms with E-state index < -0.39 is 0 Å². The molecule has 3 heterocycles. The summed E-state index contributed by atoms with van der Waals surface area (Å²) in [7, 11) is 0. The molecule has 6 nitrogen and oxygen atoms in total. The van der Waals surface area contributed by atoms with Gasteiger partial charge in [-0.15, -0.1) is 0 Å². The zero-order valence-corrected chi connectivity index (χ0v) is 11.1. The van der Waals surface area contributed by atoms with Gasteiger partial charge in [-0.05, 0) is 12.1 Å². The average molecular weight is 285 g/mol. The van der Waals surface area contributed by atoms with Crippen molar-refractivity contribution in [3.05, 3.63) is 42.1 Å². The second-order valence-electron chi connectivity index (χ2n) is 4.82. The highest BCUT2D eigenvalue weighted by Crippen LogP contribution is 2.24. The van der Waals surface area contributed by atoms with Gasteiger partial charge in [0.05, 0.1) is 12.1 Å². The average Bonchev–Trinajstić information content (AvgIpc) is 3.14. The highest BCUT2D eigenvalue weighted by atomic mass is 19.1. The van der Waals surface area contributed by atoms with Gasteiger partial charge in [0.25, 0.3) is 5.89 Å². The summed E-state index contributed by atoms with van der Waals surface area (Å²) in [6.45, 7) is 2.48. The van der Waals surface area contributed by atoms with Crippen LogP contribution in [0.5, 0.6) is 0 Å². The van der Waals surface area contributed by atoms with Crippen LogP contribution < -0.4 is 5.32 Å². The van der Waals surface area contributed by atoms with Crippen LogP contribution in [0, 0.1) is 5.82 Å². The molecule has 2 aromatic heterocycles. The number of rotatable bonds is 2. The van der Waals surface area contributed by atoms with Crippen LogP contribution in [0.25, 0.3) is 23.0 Å². The summed E-state index contributed by atoms with van der Waals surface area (Å²) in [5, 5.41) is 7.08. The predicted octanol–water partition coefficient (Wildman–Crippen LogP) is 1.84. The zero-order valence-electron chi connectivity index (χ0n) is 11.1. The van der Waals surface area contributed by atoms with Gasteiger partial charge in [-0.1, -0.05) is 17.3 Å². The Labute approximate surface area is 119 Å². The monoisotopic (exact) mass is 285 g/mol. The second kappa shape index (κ2) is 4.78. The lowest BCUT2D eigenvalue weighted by molar-refractivity contribution is 0.430. The maximum atomic E-state index is 13.7. The van der Waals surface area contributed by atoms with Gasteiger partial charge in [0.15, 0.2) is 0 Å². The van der Waals surface area contributed by atoms with E-state index in [-0.39, 0.29) is 11.6 Å². The van der Waals surface area contributed by atoms with Crippen LogP contribution in [0.2, 0.25) is 0 Å². The Hall–Kier alpha value is -2.54. The van der Waals surface area contributed by atoms with Crippen molar-refractivity contribution < 1.29 is 8.91 Å². The van der Waals surface area contributed by atoms with Crippen LogP contribution in [0.1, 0.15) is 5.82 Å². The fraction of sp³-hybridized carbons (Fsp3) is 0.214. The van der Waals surface area contributed by atoms with Crippen LogP contribution in [0.3, 0.4) is 0 Å². The molecule has 0 saturated carbocycles. The molecule has 0 spiro atoms. The van der Waals surface area contributed by atoms with Crippen LogP contribution in [0.15, 0.2) is 35.0 Å². The molecule has 106 valence electrons. The van der Waals surface area contributed by atoms with E-state index in [0.717, 1.165) is 18.9 Å². The van der Waals surface area contributed by atoms with E-state index in [2.05, 4.69) is 25.0 Å². The van der Waals surface area contributed by atoms with Gasteiger partial charge < -0.3 is 14.4 Å². The Bertz CT molecular complexity index is 771. The first-order valence-electron chi connectivity index (χ1n) is 6.67. The number of fused-ring (bicyclic) bond motifs is 1. The smallest absolute Gasteiger partial charge is 0.278 e. The molecule has 0 unspecified atom stereocenters. The van der Waals surface area contributed by atoms with E-state index in [1.165, 1.54) is 6.07 Å². The lowest BCUT2D eigenvalue weighted by Gasteiger charge is -2.13. The van der Waals surface area contributed by atoms with Gasteiger partial charge in [0, 0.05) is 19.3 Å². The van der Waals surface area contributed by atoms with Gasteiger partial charge in [-0.2, -0.15) is 4.98 Å². The molecule has 21 heavy (non-hydrogen) atoms. The van der Waals surface area contributed by atoms with Gasteiger partial charge in [0.1, 0.15) is 17.3 Å². The molecule has 1 aliphatic rings. The van der Waals surface area contributed by atoms with E-state index in [1.807, 2.05) is 6.20 Å². The quantitative estimate of drug-likeness (QED) is 0.778. The van der Waals surface area contributed by atoms with Crippen LogP contribution >= 0.6 is 0 Å². The van der Waals surface area contributed by atoms with Gasteiger partial charge in [-0.25, -0.2) is 9.37 Å². The van der Waals surface area contributed by atoms with Gasteiger partial charge in [-0.3, -0.25) is 0 Å². The molecule has 1 N–H and O–H groups in total. The molecule has 0 radical (unpaired) electrons. The molecule has 0 saturated heterocycles. The van der Waals surface area contributed by atoms with Crippen molar-refractivity contribution in [3.8, 4) is 23.0 Å². The zero-order chi connectivity index (χ0) is 14.2. The minimum absolute atomic E-state index is 0.229. The van der Waals surface area contributed by atoms with Crippen LogP contribution in [0.4, 0.5) is 4.39 Å². The first-order chi connectivity index (χ1) is 10.3. The number of nitrogens with zero attached hydrogens (tertiary/aromatic N) is 4. The predicted molar refractivity (Wildman–Crippen MR) is 72.6 cm³/mol. The highest BCUT2D eigenvalue weighted by Gasteiger charge is 2.18. The molecular formula is C14H12FN5O. The van der Waals surface area contributed by atoms with E-state index in [4.69, 9.17) is 4.52 Å². The summed E-state index contributed by atoms with van der Waals surface area (Å²) < 4.78 is 21.0. The van der Waals surface area contributed by atoms with E-state index in [0.29, 0.717) is 23.7 Å². The Morgan fingerprint density at radius 2 is 2.14 bits per heavy atom. The molecule has 0 bridgehead atoms. The second-order valence-corrected chi connectivity index (χ2v) is 4.82. The minimum atomic E-state index is -0.377. The van der Waals surface area contributed by atoms with E-state index in [9.17, 15) is 4.39 Å². The van der Waals surface area contributed by atoms with Crippen molar-refractivity contribution in [2.75, 3.05) is 6.54 Å². The molecule has 0 aliphatic carbocycles. The molecule has 1 aromatic carbocycles. The number of hydrogen-bond donors (Lipinski definition) is 1. The number of aromatic nitrogens is 4. The topological polar surface area (TPSA) is 68.8 Å². The van der Waals surface area contributed by atoms with Crippen molar-refractivity contribution in [2.45, 2.75) is 13.1 Å². The summed E-state index contributed by atoms with van der Waals surface area (Å²) >= 11 is 0. The highest BCUT2D eigenvalue weighted by molar-refractivity contribution is 5.58. The summed E-state index contributed by atoms with van der Waals surface area (Å²) in [4.78, 5) is 8.70. The lowest BCUT2D eigenvalue weighted by Crippen LogP contribution is -2.27. The first-order valence-corrected chi connectivity index (χ1v) is 6.67. The molecule has 4 rings (SSSR count). The van der Waals surface area contributed by atoms with E-state index >= 15 is 0 Å². The fourth-order valence-electron chi connectivity index (χ4n) is 2.37. The first kappa shape index (κ1) is 12.2. The van der Waals surface area contributed by atoms with Crippen LogP contribution in [-0.2, 0) is 13.1 Å². The SMILES string of the molecule is Fc1ccccc1-c1noc(-c2cn3c(n2)CNCC3)n1. The molecule has 1 aliphatic heterocycles. The number of nitrogens with one attached hydrogen (secondary N) is 1. The normalized spacial score (nSPS) is 14.1. The summed E-state index contributed by atoms with van der Waals surface area (Å²) in [6, 6.07) is 6.34. The van der Waals surface area contributed by atoms with Crippen molar-refractivity contribution in [1.82, 2.24) is 25.0 Å². The molecule has 7 heteroatoms. The van der Waals surface area contributed by atoms with Crippen LogP contribution in [-0.4, -0.2) is 26.2 Å². The third kappa shape index (κ3) is 2.11. The van der Waals surface area contributed by atoms with Gasteiger partial charge >= 0.3 is 0 Å². The lowest BCUT2D eigenvalue weighted by atomic mass is 10.2. The largest absolute Gasteiger partial charge is 0.332 e. The summed E-state index contributed by atoms with van der Waals surface area (Å²) in [5.41, 5.74) is 0.932. The Kier molecular flexibility index (Phi) is 2.78. The number of hydrogen-bond acceptors (Lipinski definition) is 5. The van der Waals surface area contributed by atoms with Crippen molar-refractivity contribution in [2.24, 2.45) is 0 Å². The Balaban J connectivity index is 1.71. The van der Waals surface area contributed by atoms with Crippen molar-refractivity contribution in [3.63, 3.8) is 0 Å². The maximum Gasteiger partial charge on any atom is 0.278 e. The maximum absolute atomic E-state index is 13.7. The summed E-state index contributed by atoms with van der Waals surface area (Å²) in [6.07, 6.45) is 1.88. The molecule has 3 aromatic rings. The Morgan fingerprint density at radius 1 is 1.24 bits per heavy atom. The summed E-state index contributed by atoms with van der Waals surface area (Å²) in [5.74, 6) is 1.09. The van der Waals surface area contributed by atoms with E-state index in [1.54, 1.807) is 18.2 Å². The molecule has 0 atom stereocenters. The van der Waals surface area contributed by atoms with Crippen molar-refractivity contribution in [1.29, 1.82) is 0 Å².